The molecule has 1 aliphatic carbocycles. The standard InChI is InChI=1S/C15H25F2NO3/c16-15(17)6-2-12(3-7-15)14(20)18-8-4-13(5-9-18)21-11-1-10-19/h12-13,19H,1-11H2. The molecular formula is C15H25F2NO3. The summed E-state index contributed by atoms with van der Waals surface area (Å²) in [5.74, 6) is -2.76. The van der Waals surface area contributed by atoms with Crippen molar-refractivity contribution >= 4 is 5.91 Å². The normalized spacial score (nSPS) is 24.2. The van der Waals surface area contributed by atoms with Crippen LogP contribution in [0.3, 0.4) is 0 Å². The van der Waals surface area contributed by atoms with E-state index < -0.39 is 5.92 Å². The Kier molecular flexibility index (Phi) is 5.93. The number of carbonyl (C=O) groups is 1. The zero-order chi connectivity index (χ0) is 15.3. The van der Waals surface area contributed by atoms with Crippen molar-refractivity contribution < 1.29 is 23.4 Å². The predicted octanol–water partition coefficient (Wildman–Crippen LogP) is 2.20. The number of alkyl halides is 2. The molecule has 0 spiro atoms. The average Bonchev–Trinajstić information content (AvgIpc) is 2.48. The van der Waals surface area contributed by atoms with E-state index in [0.29, 0.717) is 39.0 Å². The number of hydrogen-bond acceptors (Lipinski definition) is 3. The third-order valence-electron chi connectivity index (χ3n) is 4.48. The van der Waals surface area contributed by atoms with Crippen molar-refractivity contribution in [1.29, 1.82) is 0 Å². The number of rotatable bonds is 5. The SMILES string of the molecule is O=C(C1CCC(F)(F)CC1)N1CCC(OCCCO)CC1. The van der Waals surface area contributed by atoms with E-state index in [2.05, 4.69) is 0 Å². The molecule has 0 unspecified atom stereocenters. The first-order chi connectivity index (χ1) is 10.0. The molecule has 6 heteroatoms. The molecule has 4 nitrogen and oxygen atoms in total. The third-order valence-corrected chi connectivity index (χ3v) is 4.48. The highest BCUT2D eigenvalue weighted by Crippen LogP contribution is 2.37. The summed E-state index contributed by atoms with van der Waals surface area (Å²) < 4.78 is 31.9. The Balaban J connectivity index is 1.71. The topological polar surface area (TPSA) is 49.8 Å². The van der Waals surface area contributed by atoms with E-state index >= 15 is 0 Å². The Labute approximate surface area is 124 Å². The summed E-state index contributed by atoms with van der Waals surface area (Å²) in [6, 6.07) is 0. The lowest BCUT2D eigenvalue weighted by Crippen LogP contribution is -2.45. The van der Waals surface area contributed by atoms with E-state index in [4.69, 9.17) is 9.84 Å². The summed E-state index contributed by atoms with van der Waals surface area (Å²) in [7, 11) is 0. The summed E-state index contributed by atoms with van der Waals surface area (Å²) >= 11 is 0. The van der Waals surface area contributed by atoms with Crippen LogP contribution in [0.2, 0.25) is 0 Å². The maximum atomic E-state index is 13.1. The van der Waals surface area contributed by atoms with Crippen LogP contribution in [0.4, 0.5) is 8.78 Å². The Hall–Kier alpha value is -0.750. The smallest absolute Gasteiger partial charge is 0.248 e. The van der Waals surface area contributed by atoms with Crippen molar-refractivity contribution in [2.45, 2.75) is 57.0 Å². The first kappa shape index (κ1) is 16.6. The fourth-order valence-corrected chi connectivity index (χ4v) is 3.10. The van der Waals surface area contributed by atoms with Gasteiger partial charge in [0.05, 0.1) is 6.10 Å². The van der Waals surface area contributed by atoms with Gasteiger partial charge in [0.1, 0.15) is 0 Å². The predicted molar refractivity (Wildman–Crippen MR) is 74.2 cm³/mol. The van der Waals surface area contributed by atoms with E-state index in [0.717, 1.165) is 12.8 Å². The summed E-state index contributed by atoms with van der Waals surface area (Å²) in [6.45, 7) is 1.97. The molecule has 0 bridgehead atoms. The van der Waals surface area contributed by atoms with Crippen molar-refractivity contribution in [1.82, 2.24) is 4.90 Å². The van der Waals surface area contributed by atoms with Crippen LogP contribution in [0.25, 0.3) is 0 Å². The van der Waals surface area contributed by atoms with Crippen molar-refractivity contribution in [2.24, 2.45) is 5.92 Å². The van der Waals surface area contributed by atoms with Crippen molar-refractivity contribution in [3.05, 3.63) is 0 Å². The molecule has 122 valence electrons. The average molecular weight is 305 g/mol. The Morgan fingerprint density at radius 3 is 2.38 bits per heavy atom. The molecule has 1 saturated heterocycles. The molecule has 1 aliphatic heterocycles. The maximum Gasteiger partial charge on any atom is 0.248 e. The van der Waals surface area contributed by atoms with Crippen molar-refractivity contribution in [3.63, 3.8) is 0 Å². The van der Waals surface area contributed by atoms with Crippen LogP contribution in [0.5, 0.6) is 0 Å². The highest BCUT2D eigenvalue weighted by molar-refractivity contribution is 5.79. The largest absolute Gasteiger partial charge is 0.396 e. The molecule has 21 heavy (non-hydrogen) atoms. The van der Waals surface area contributed by atoms with Crippen LogP contribution in [-0.4, -0.2) is 54.2 Å². The maximum absolute atomic E-state index is 13.1. The molecule has 1 amide bonds. The molecule has 2 rings (SSSR count). The molecular weight excluding hydrogens is 280 g/mol. The minimum atomic E-state index is -2.58. The van der Waals surface area contributed by atoms with Gasteiger partial charge in [-0.1, -0.05) is 0 Å². The van der Waals surface area contributed by atoms with Gasteiger partial charge in [-0.2, -0.15) is 0 Å². The number of amides is 1. The molecule has 1 N–H and O–H groups in total. The fourth-order valence-electron chi connectivity index (χ4n) is 3.10. The van der Waals surface area contributed by atoms with Crippen LogP contribution < -0.4 is 0 Å². The van der Waals surface area contributed by atoms with Gasteiger partial charge in [0.15, 0.2) is 0 Å². The van der Waals surface area contributed by atoms with E-state index in [9.17, 15) is 13.6 Å². The van der Waals surface area contributed by atoms with Crippen molar-refractivity contribution in [3.8, 4) is 0 Å². The molecule has 2 fully saturated rings. The van der Waals surface area contributed by atoms with E-state index in [1.807, 2.05) is 0 Å². The van der Waals surface area contributed by atoms with Gasteiger partial charge in [-0.05, 0) is 32.1 Å². The Morgan fingerprint density at radius 2 is 1.81 bits per heavy atom. The number of nitrogens with zero attached hydrogens (tertiary/aromatic N) is 1. The molecule has 0 radical (unpaired) electrons. The molecule has 2 aliphatic rings. The molecule has 1 saturated carbocycles. The highest BCUT2D eigenvalue weighted by atomic mass is 19.3. The summed E-state index contributed by atoms with van der Waals surface area (Å²) in [5, 5.41) is 8.71. The third kappa shape index (κ3) is 4.88. The van der Waals surface area contributed by atoms with E-state index in [-0.39, 0.29) is 37.4 Å². The molecule has 0 aromatic rings. The second-order valence-corrected chi connectivity index (χ2v) is 6.10. The van der Waals surface area contributed by atoms with Gasteiger partial charge in [0.2, 0.25) is 11.8 Å². The lowest BCUT2D eigenvalue weighted by atomic mass is 9.85. The van der Waals surface area contributed by atoms with Gasteiger partial charge in [-0.3, -0.25) is 4.79 Å². The quantitative estimate of drug-likeness (QED) is 0.792. The summed E-state index contributed by atoms with van der Waals surface area (Å²) in [6.07, 6.45) is 2.65. The van der Waals surface area contributed by atoms with Crippen LogP contribution >= 0.6 is 0 Å². The van der Waals surface area contributed by atoms with E-state index in [1.165, 1.54) is 0 Å². The number of aliphatic hydroxyl groups excluding tert-OH is 1. The molecule has 1 heterocycles. The minimum absolute atomic E-state index is 0.0410. The summed E-state index contributed by atoms with van der Waals surface area (Å²) in [5.41, 5.74) is 0. The lowest BCUT2D eigenvalue weighted by Gasteiger charge is -2.36. The zero-order valence-electron chi connectivity index (χ0n) is 12.4. The van der Waals surface area contributed by atoms with Gasteiger partial charge >= 0.3 is 0 Å². The molecule has 0 aromatic heterocycles. The van der Waals surface area contributed by atoms with Gasteiger partial charge in [0, 0.05) is 45.1 Å². The number of carbonyl (C=O) groups excluding carboxylic acids is 1. The summed E-state index contributed by atoms with van der Waals surface area (Å²) in [4.78, 5) is 14.1. The number of ether oxygens (including phenoxy) is 1. The minimum Gasteiger partial charge on any atom is -0.396 e. The lowest BCUT2D eigenvalue weighted by molar-refractivity contribution is -0.142. The molecule has 0 aromatic carbocycles. The Bertz CT molecular complexity index is 334. The van der Waals surface area contributed by atoms with Crippen LogP contribution in [0, 0.1) is 5.92 Å². The first-order valence-electron chi connectivity index (χ1n) is 7.91. The van der Waals surface area contributed by atoms with Gasteiger partial charge < -0.3 is 14.7 Å². The highest BCUT2D eigenvalue weighted by Gasteiger charge is 2.39. The van der Waals surface area contributed by atoms with Crippen LogP contribution in [0.1, 0.15) is 44.9 Å². The number of hydrogen-bond donors (Lipinski definition) is 1. The second kappa shape index (κ2) is 7.49. The van der Waals surface area contributed by atoms with Crippen LogP contribution in [-0.2, 0) is 9.53 Å². The fraction of sp³-hybridized carbons (Fsp3) is 0.933. The Morgan fingerprint density at radius 1 is 1.19 bits per heavy atom. The number of piperidine rings is 1. The number of aliphatic hydroxyl groups is 1. The van der Waals surface area contributed by atoms with Crippen molar-refractivity contribution in [2.75, 3.05) is 26.3 Å². The second-order valence-electron chi connectivity index (χ2n) is 6.10. The monoisotopic (exact) mass is 305 g/mol. The molecule has 0 atom stereocenters. The van der Waals surface area contributed by atoms with Gasteiger partial charge in [-0.15, -0.1) is 0 Å². The zero-order valence-corrected chi connectivity index (χ0v) is 12.4. The number of halogens is 2. The first-order valence-corrected chi connectivity index (χ1v) is 7.91. The van der Waals surface area contributed by atoms with Gasteiger partial charge in [-0.25, -0.2) is 8.78 Å². The number of likely N-dealkylation sites (tertiary alicyclic amines) is 1. The van der Waals surface area contributed by atoms with Crippen LogP contribution in [0.15, 0.2) is 0 Å². The van der Waals surface area contributed by atoms with Gasteiger partial charge in [0.25, 0.3) is 0 Å². The van der Waals surface area contributed by atoms with E-state index in [1.54, 1.807) is 4.90 Å².